The Labute approximate surface area is 166 Å². The Hall–Kier alpha value is -2.86. The second-order valence-corrected chi connectivity index (χ2v) is 8.55. The van der Waals surface area contributed by atoms with Crippen LogP contribution in [0, 0.1) is 10.1 Å². The lowest BCUT2D eigenvalue weighted by atomic mass is 10.2. The zero-order valence-electron chi connectivity index (χ0n) is 15.7. The number of sulfonamides is 1. The van der Waals surface area contributed by atoms with Gasteiger partial charge in [0.1, 0.15) is 6.04 Å². The van der Waals surface area contributed by atoms with E-state index in [2.05, 4.69) is 10.1 Å². The minimum atomic E-state index is -3.50. The summed E-state index contributed by atoms with van der Waals surface area (Å²) in [7, 11) is -3.50. The molecule has 0 aliphatic carbocycles. The molecule has 0 radical (unpaired) electrons. The summed E-state index contributed by atoms with van der Waals surface area (Å²) in [5, 5.41) is 14.5. The van der Waals surface area contributed by atoms with Crippen molar-refractivity contribution >= 4 is 21.7 Å². The number of non-ortho nitro benzene ring substituents is 1. The van der Waals surface area contributed by atoms with Gasteiger partial charge in [0.2, 0.25) is 15.8 Å². The van der Waals surface area contributed by atoms with E-state index in [4.69, 9.17) is 9.26 Å². The molecule has 2 heterocycles. The van der Waals surface area contributed by atoms with Gasteiger partial charge in [0.15, 0.2) is 6.61 Å². The molecule has 11 nitrogen and oxygen atoms in total. The van der Waals surface area contributed by atoms with Gasteiger partial charge in [-0.1, -0.05) is 12.1 Å². The van der Waals surface area contributed by atoms with Crippen LogP contribution in [0.25, 0.3) is 11.4 Å². The van der Waals surface area contributed by atoms with Crippen molar-refractivity contribution in [3.63, 3.8) is 0 Å². The van der Waals surface area contributed by atoms with Crippen LogP contribution >= 0.6 is 0 Å². The number of carbonyl (C=O) groups excluding carboxylic acids is 1. The SMILES string of the molecule is CCCS(=O)(=O)N1CCCC1C(=O)OCc1nc(-c2ccc([N+](=O)[O-])cc2)no1. The van der Waals surface area contributed by atoms with Crippen molar-refractivity contribution in [2.45, 2.75) is 38.8 Å². The molecule has 3 rings (SSSR count). The molecule has 12 heteroatoms. The first-order valence-corrected chi connectivity index (χ1v) is 10.7. The molecular formula is C17H20N4O7S. The van der Waals surface area contributed by atoms with Gasteiger partial charge < -0.3 is 9.26 Å². The molecule has 156 valence electrons. The number of nitrogens with zero attached hydrogens (tertiary/aromatic N) is 4. The predicted molar refractivity (Wildman–Crippen MR) is 100.0 cm³/mol. The van der Waals surface area contributed by atoms with E-state index in [-0.39, 0.29) is 29.8 Å². The van der Waals surface area contributed by atoms with Crippen LogP contribution in [0.15, 0.2) is 28.8 Å². The van der Waals surface area contributed by atoms with Gasteiger partial charge in [0.05, 0.1) is 10.7 Å². The molecule has 0 bridgehead atoms. The van der Waals surface area contributed by atoms with Gasteiger partial charge in [-0.05, 0) is 31.4 Å². The van der Waals surface area contributed by atoms with Crippen LogP contribution < -0.4 is 0 Å². The summed E-state index contributed by atoms with van der Waals surface area (Å²) >= 11 is 0. The number of ether oxygens (including phenoxy) is 1. The summed E-state index contributed by atoms with van der Waals surface area (Å²) in [5.41, 5.74) is 0.440. The molecule has 0 saturated carbocycles. The highest BCUT2D eigenvalue weighted by Crippen LogP contribution is 2.24. The van der Waals surface area contributed by atoms with E-state index in [0.29, 0.717) is 31.4 Å². The normalized spacial score (nSPS) is 17.3. The van der Waals surface area contributed by atoms with Crippen LogP contribution in [0.3, 0.4) is 0 Å². The molecular weight excluding hydrogens is 404 g/mol. The van der Waals surface area contributed by atoms with Gasteiger partial charge in [-0.2, -0.15) is 9.29 Å². The Bertz CT molecular complexity index is 987. The average Bonchev–Trinajstić information content (AvgIpc) is 3.36. The van der Waals surface area contributed by atoms with Gasteiger partial charge in [-0.3, -0.25) is 14.9 Å². The predicted octanol–water partition coefficient (Wildman–Crippen LogP) is 1.89. The van der Waals surface area contributed by atoms with E-state index in [0.717, 1.165) is 0 Å². The lowest BCUT2D eigenvalue weighted by Gasteiger charge is -2.22. The molecule has 0 N–H and O–H groups in total. The molecule has 1 aromatic carbocycles. The van der Waals surface area contributed by atoms with Crippen molar-refractivity contribution in [3.8, 4) is 11.4 Å². The van der Waals surface area contributed by atoms with Crippen molar-refractivity contribution in [2.24, 2.45) is 0 Å². The Morgan fingerprint density at radius 3 is 2.76 bits per heavy atom. The van der Waals surface area contributed by atoms with E-state index >= 15 is 0 Å². The summed E-state index contributed by atoms with van der Waals surface area (Å²) in [6.45, 7) is 1.77. The number of benzene rings is 1. The van der Waals surface area contributed by atoms with Crippen LogP contribution in [0.5, 0.6) is 0 Å². The molecule has 1 aliphatic heterocycles. The first-order valence-electron chi connectivity index (χ1n) is 9.05. The Morgan fingerprint density at radius 2 is 2.10 bits per heavy atom. The highest BCUT2D eigenvalue weighted by molar-refractivity contribution is 7.89. The van der Waals surface area contributed by atoms with E-state index in [1.807, 2.05) is 0 Å². The molecule has 1 fully saturated rings. The average molecular weight is 424 g/mol. The minimum absolute atomic E-state index is 0.0148. The zero-order chi connectivity index (χ0) is 21.0. The summed E-state index contributed by atoms with van der Waals surface area (Å²) in [5.74, 6) is -0.442. The van der Waals surface area contributed by atoms with Gasteiger partial charge in [0, 0.05) is 24.2 Å². The molecule has 1 atom stereocenters. The fourth-order valence-electron chi connectivity index (χ4n) is 3.08. The molecule has 1 saturated heterocycles. The molecule has 1 aliphatic rings. The standard InChI is InChI=1S/C17H20N4O7S/c1-2-10-29(25,26)20-9-3-4-14(20)17(22)27-11-15-18-16(19-28-15)12-5-7-13(8-6-12)21(23)24/h5-8,14H,2-4,9-11H2,1H3. The van der Waals surface area contributed by atoms with Crippen LogP contribution in [0.4, 0.5) is 5.69 Å². The maximum Gasteiger partial charge on any atom is 0.324 e. The quantitative estimate of drug-likeness (QED) is 0.352. The topological polar surface area (TPSA) is 146 Å². The second-order valence-electron chi connectivity index (χ2n) is 6.51. The first kappa shape index (κ1) is 20.9. The summed E-state index contributed by atoms with van der Waals surface area (Å²) in [6, 6.07) is 4.75. The van der Waals surface area contributed by atoms with Crippen molar-refractivity contribution < 1.29 is 27.4 Å². The number of esters is 1. The lowest BCUT2D eigenvalue weighted by Crippen LogP contribution is -2.42. The maximum atomic E-state index is 12.4. The third-order valence-electron chi connectivity index (χ3n) is 4.44. The van der Waals surface area contributed by atoms with Gasteiger partial charge >= 0.3 is 5.97 Å². The van der Waals surface area contributed by atoms with E-state index in [1.165, 1.54) is 28.6 Å². The Morgan fingerprint density at radius 1 is 1.38 bits per heavy atom. The third kappa shape index (κ3) is 4.77. The van der Waals surface area contributed by atoms with Crippen LogP contribution in [0.2, 0.25) is 0 Å². The third-order valence-corrected chi connectivity index (χ3v) is 6.51. The smallest absolute Gasteiger partial charge is 0.324 e. The summed E-state index contributed by atoms with van der Waals surface area (Å²) < 4.78 is 36.0. The van der Waals surface area contributed by atoms with E-state index in [1.54, 1.807) is 6.92 Å². The molecule has 29 heavy (non-hydrogen) atoms. The molecule has 0 amide bonds. The van der Waals surface area contributed by atoms with Crippen LogP contribution in [-0.4, -0.2) is 52.1 Å². The number of aromatic nitrogens is 2. The van der Waals surface area contributed by atoms with Gasteiger partial charge in [0.25, 0.3) is 11.6 Å². The zero-order valence-corrected chi connectivity index (χ0v) is 16.5. The van der Waals surface area contributed by atoms with Crippen LogP contribution in [0.1, 0.15) is 32.1 Å². The lowest BCUT2D eigenvalue weighted by molar-refractivity contribution is -0.384. The largest absolute Gasteiger partial charge is 0.454 e. The Kier molecular flexibility index (Phi) is 6.23. The van der Waals surface area contributed by atoms with E-state index in [9.17, 15) is 23.3 Å². The summed E-state index contributed by atoms with van der Waals surface area (Å²) in [6.07, 6.45) is 1.46. The van der Waals surface area contributed by atoms with Crippen molar-refractivity contribution in [2.75, 3.05) is 12.3 Å². The van der Waals surface area contributed by atoms with E-state index < -0.39 is 27.0 Å². The van der Waals surface area contributed by atoms with Crippen LogP contribution in [-0.2, 0) is 26.2 Å². The number of nitro benzene ring substituents is 1. The number of hydrogen-bond acceptors (Lipinski definition) is 9. The monoisotopic (exact) mass is 424 g/mol. The number of carbonyl (C=O) groups is 1. The number of nitro groups is 1. The second kappa shape index (κ2) is 8.66. The molecule has 1 aromatic heterocycles. The molecule has 2 aromatic rings. The minimum Gasteiger partial charge on any atom is -0.454 e. The molecule has 1 unspecified atom stereocenters. The molecule has 0 spiro atoms. The van der Waals surface area contributed by atoms with Gasteiger partial charge in [-0.25, -0.2) is 8.42 Å². The van der Waals surface area contributed by atoms with Crippen molar-refractivity contribution in [1.29, 1.82) is 0 Å². The fraction of sp³-hybridized carbons (Fsp3) is 0.471. The maximum absolute atomic E-state index is 12.4. The first-order chi connectivity index (χ1) is 13.8. The van der Waals surface area contributed by atoms with Crippen molar-refractivity contribution in [3.05, 3.63) is 40.3 Å². The number of hydrogen-bond donors (Lipinski definition) is 0. The number of rotatable bonds is 8. The fourth-order valence-corrected chi connectivity index (χ4v) is 4.81. The highest BCUT2D eigenvalue weighted by Gasteiger charge is 2.39. The van der Waals surface area contributed by atoms with Crippen molar-refractivity contribution in [1.82, 2.24) is 14.4 Å². The van der Waals surface area contributed by atoms with Gasteiger partial charge in [-0.15, -0.1) is 0 Å². The highest BCUT2D eigenvalue weighted by atomic mass is 32.2. The summed E-state index contributed by atoms with van der Waals surface area (Å²) in [4.78, 5) is 26.7. The Balaban J connectivity index is 1.62.